The minimum Gasteiger partial charge on any atom is -0.479 e. The molecule has 2 N–H and O–H groups in total. The molecule has 0 aliphatic heterocycles. The van der Waals surface area contributed by atoms with Crippen molar-refractivity contribution in [2.45, 2.75) is 30.4 Å². The molecule has 0 spiro atoms. The number of carbonyl (C=O) groups is 2. The van der Waals surface area contributed by atoms with Gasteiger partial charge in [0.1, 0.15) is 12.1 Å². The molecular weight excluding hydrogens is 346 g/mol. The first-order valence-corrected chi connectivity index (χ1v) is 8.93. The summed E-state index contributed by atoms with van der Waals surface area (Å²) in [6.07, 6.45) is -0.393. The molecule has 0 atom stereocenters. The third-order valence-corrected chi connectivity index (χ3v) is 5.58. The van der Waals surface area contributed by atoms with Crippen molar-refractivity contribution in [2.24, 2.45) is 0 Å². The summed E-state index contributed by atoms with van der Waals surface area (Å²) in [4.78, 5) is 23.9. The molecule has 1 saturated carbocycles. The van der Waals surface area contributed by atoms with Gasteiger partial charge in [0.15, 0.2) is 0 Å². The van der Waals surface area contributed by atoms with Gasteiger partial charge >= 0.3 is 12.1 Å². The van der Waals surface area contributed by atoms with Crippen molar-refractivity contribution in [3.8, 4) is 11.1 Å². The minimum absolute atomic E-state index is 0.0583. The Kier molecular flexibility index (Phi) is 4.36. The van der Waals surface area contributed by atoms with Crippen LogP contribution in [-0.2, 0) is 14.3 Å². The number of rotatable bonds is 5. The van der Waals surface area contributed by atoms with Crippen LogP contribution in [0.1, 0.15) is 29.9 Å². The van der Waals surface area contributed by atoms with Crippen molar-refractivity contribution in [1.82, 2.24) is 5.32 Å². The van der Waals surface area contributed by atoms with Gasteiger partial charge in [-0.25, -0.2) is 9.59 Å². The number of alkyl carbamates (subject to hydrolysis) is 1. The molecule has 6 heteroatoms. The second-order valence-corrected chi connectivity index (χ2v) is 7.10. The number of methoxy groups -OCH3 is 1. The van der Waals surface area contributed by atoms with Crippen molar-refractivity contribution in [3.63, 3.8) is 0 Å². The molecule has 0 radical (unpaired) electrons. The van der Waals surface area contributed by atoms with Crippen LogP contribution in [0, 0.1) is 0 Å². The molecule has 4 rings (SSSR count). The molecule has 2 aromatic rings. The van der Waals surface area contributed by atoms with E-state index in [1.54, 1.807) is 0 Å². The Morgan fingerprint density at radius 1 is 1.07 bits per heavy atom. The summed E-state index contributed by atoms with van der Waals surface area (Å²) in [6.45, 7) is 0.156. The summed E-state index contributed by atoms with van der Waals surface area (Å²) in [5, 5.41) is 12.0. The average Bonchev–Trinajstić information content (AvgIpc) is 2.96. The monoisotopic (exact) mass is 367 g/mol. The van der Waals surface area contributed by atoms with Crippen molar-refractivity contribution in [2.75, 3.05) is 13.7 Å². The third kappa shape index (κ3) is 2.96. The van der Waals surface area contributed by atoms with Crippen LogP contribution in [0.5, 0.6) is 0 Å². The summed E-state index contributed by atoms with van der Waals surface area (Å²) in [6, 6.07) is 16.1. The number of carboxylic acids is 1. The van der Waals surface area contributed by atoms with E-state index in [1.807, 2.05) is 36.4 Å². The van der Waals surface area contributed by atoms with E-state index in [2.05, 4.69) is 17.4 Å². The fourth-order valence-corrected chi connectivity index (χ4v) is 4.04. The third-order valence-electron chi connectivity index (χ3n) is 5.58. The van der Waals surface area contributed by atoms with Crippen LogP contribution in [0.15, 0.2) is 48.5 Å². The predicted molar refractivity (Wildman–Crippen MR) is 98.6 cm³/mol. The molecule has 2 aliphatic carbocycles. The van der Waals surface area contributed by atoms with E-state index in [4.69, 9.17) is 9.47 Å². The fourth-order valence-electron chi connectivity index (χ4n) is 4.04. The highest BCUT2D eigenvalue weighted by Crippen LogP contribution is 2.44. The van der Waals surface area contributed by atoms with Gasteiger partial charge in [0.25, 0.3) is 0 Å². The number of amides is 1. The SMILES string of the molecule is COC1CC(NC(=O)OCC2c3ccccc3-c3ccccc32)(C(=O)O)C1. The van der Waals surface area contributed by atoms with Gasteiger partial charge < -0.3 is 19.9 Å². The maximum Gasteiger partial charge on any atom is 0.408 e. The molecule has 6 nitrogen and oxygen atoms in total. The van der Waals surface area contributed by atoms with Crippen molar-refractivity contribution in [1.29, 1.82) is 0 Å². The molecular formula is C21H21NO5. The summed E-state index contributed by atoms with van der Waals surface area (Å²) >= 11 is 0. The Labute approximate surface area is 157 Å². The van der Waals surface area contributed by atoms with Crippen LogP contribution in [-0.4, -0.2) is 42.5 Å². The Bertz CT molecular complexity index is 842. The standard InChI is InChI=1S/C21H21NO5/c1-26-13-10-21(11-13,19(23)24)22-20(25)27-12-18-16-8-4-2-6-14(16)15-7-3-5-9-17(15)18/h2-9,13,18H,10-12H2,1H3,(H,22,25)(H,23,24). The Balaban J connectivity index is 1.46. The van der Waals surface area contributed by atoms with Crippen LogP contribution >= 0.6 is 0 Å². The molecule has 0 aromatic heterocycles. The molecule has 140 valence electrons. The van der Waals surface area contributed by atoms with E-state index >= 15 is 0 Å². The number of benzene rings is 2. The van der Waals surface area contributed by atoms with Crippen molar-refractivity contribution < 1.29 is 24.2 Å². The Morgan fingerprint density at radius 3 is 2.15 bits per heavy atom. The molecule has 1 amide bonds. The molecule has 1 fully saturated rings. The second-order valence-electron chi connectivity index (χ2n) is 7.10. The zero-order chi connectivity index (χ0) is 19.0. The fraction of sp³-hybridized carbons (Fsp3) is 0.333. The number of hydrogen-bond acceptors (Lipinski definition) is 4. The number of aliphatic carboxylic acids is 1. The summed E-state index contributed by atoms with van der Waals surface area (Å²) < 4.78 is 10.6. The first-order valence-electron chi connectivity index (χ1n) is 8.93. The van der Waals surface area contributed by atoms with E-state index in [-0.39, 0.29) is 31.5 Å². The molecule has 27 heavy (non-hydrogen) atoms. The van der Waals surface area contributed by atoms with Crippen LogP contribution in [0.4, 0.5) is 4.79 Å². The van der Waals surface area contributed by atoms with Crippen LogP contribution in [0.2, 0.25) is 0 Å². The largest absolute Gasteiger partial charge is 0.479 e. The van der Waals surface area contributed by atoms with E-state index in [0.29, 0.717) is 0 Å². The van der Waals surface area contributed by atoms with Gasteiger partial charge in [-0.05, 0) is 22.3 Å². The normalized spacial score (nSPS) is 23.1. The van der Waals surface area contributed by atoms with Gasteiger partial charge in [-0.15, -0.1) is 0 Å². The minimum atomic E-state index is -1.30. The zero-order valence-electron chi connectivity index (χ0n) is 15.0. The maximum atomic E-state index is 12.3. The lowest BCUT2D eigenvalue weighted by atomic mass is 9.74. The number of carboxylic acid groups (broad SMARTS) is 1. The molecule has 2 aromatic carbocycles. The highest BCUT2D eigenvalue weighted by atomic mass is 16.5. The Morgan fingerprint density at radius 2 is 1.63 bits per heavy atom. The lowest BCUT2D eigenvalue weighted by Crippen LogP contribution is -2.64. The van der Waals surface area contributed by atoms with Crippen molar-refractivity contribution >= 4 is 12.1 Å². The zero-order valence-corrected chi connectivity index (χ0v) is 15.0. The van der Waals surface area contributed by atoms with Gasteiger partial charge in [-0.3, -0.25) is 0 Å². The summed E-state index contributed by atoms with van der Waals surface area (Å²) in [5.74, 6) is -1.12. The van der Waals surface area contributed by atoms with E-state index in [9.17, 15) is 14.7 Å². The van der Waals surface area contributed by atoms with Gasteiger partial charge in [0.2, 0.25) is 0 Å². The molecule has 2 aliphatic rings. The summed E-state index contributed by atoms with van der Waals surface area (Å²) in [7, 11) is 1.53. The number of carbonyl (C=O) groups excluding carboxylic acids is 1. The first-order chi connectivity index (χ1) is 13.0. The van der Waals surface area contributed by atoms with Crippen molar-refractivity contribution in [3.05, 3.63) is 59.7 Å². The summed E-state index contributed by atoms with van der Waals surface area (Å²) in [5.41, 5.74) is 3.21. The predicted octanol–water partition coefficient (Wildman–Crippen LogP) is 3.16. The van der Waals surface area contributed by atoms with Gasteiger partial charge in [0.05, 0.1) is 6.10 Å². The maximum absolute atomic E-state index is 12.3. The Hall–Kier alpha value is -2.86. The molecule has 0 unspecified atom stereocenters. The number of fused-ring (bicyclic) bond motifs is 3. The van der Waals surface area contributed by atoms with Crippen LogP contribution in [0.25, 0.3) is 11.1 Å². The number of ether oxygens (including phenoxy) is 2. The van der Waals surface area contributed by atoms with Crippen LogP contribution in [0.3, 0.4) is 0 Å². The van der Waals surface area contributed by atoms with Gasteiger partial charge in [0, 0.05) is 25.9 Å². The molecule has 0 bridgehead atoms. The van der Waals surface area contributed by atoms with Crippen LogP contribution < -0.4 is 5.32 Å². The number of hydrogen-bond donors (Lipinski definition) is 2. The number of nitrogens with one attached hydrogen (secondary N) is 1. The van der Waals surface area contributed by atoms with Gasteiger partial charge in [-0.2, -0.15) is 0 Å². The average molecular weight is 367 g/mol. The highest BCUT2D eigenvalue weighted by Gasteiger charge is 2.52. The smallest absolute Gasteiger partial charge is 0.408 e. The quantitative estimate of drug-likeness (QED) is 0.848. The molecule has 0 heterocycles. The van der Waals surface area contributed by atoms with E-state index in [0.717, 1.165) is 22.3 Å². The topological polar surface area (TPSA) is 84.9 Å². The van der Waals surface area contributed by atoms with E-state index in [1.165, 1.54) is 7.11 Å². The lowest BCUT2D eigenvalue weighted by Gasteiger charge is -2.43. The molecule has 0 saturated heterocycles. The van der Waals surface area contributed by atoms with Gasteiger partial charge in [-0.1, -0.05) is 48.5 Å². The lowest BCUT2D eigenvalue weighted by molar-refractivity contribution is -0.155. The first kappa shape index (κ1) is 17.5. The van der Waals surface area contributed by atoms with E-state index < -0.39 is 17.6 Å². The second kappa shape index (κ2) is 6.70. The highest BCUT2D eigenvalue weighted by molar-refractivity contribution is 5.86.